The Hall–Kier alpha value is -1.67. The van der Waals surface area contributed by atoms with Crippen molar-refractivity contribution in [1.82, 2.24) is 19.2 Å². The molecule has 0 aliphatic carbocycles. The van der Waals surface area contributed by atoms with E-state index in [0.29, 0.717) is 0 Å². The van der Waals surface area contributed by atoms with Gasteiger partial charge in [0.1, 0.15) is 0 Å². The highest BCUT2D eigenvalue weighted by Crippen LogP contribution is 2.24. The van der Waals surface area contributed by atoms with Gasteiger partial charge in [0.15, 0.2) is 10.6 Å². The van der Waals surface area contributed by atoms with Gasteiger partial charge in [-0.25, -0.2) is 4.68 Å². The molecule has 0 amide bonds. The molecule has 27 heavy (non-hydrogen) atoms. The van der Waals surface area contributed by atoms with Crippen molar-refractivity contribution in [2.24, 2.45) is 0 Å². The van der Waals surface area contributed by atoms with Crippen molar-refractivity contribution >= 4 is 40.8 Å². The second kappa shape index (κ2) is 8.14. The van der Waals surface area contributed by atoms with E-state index >= 15 is 0 Å². The van der Waals surface area contributed by atoms with E-state index in [9.17, 15) is 0 Å². The summed E-state index contributed by atoms with van der Waals surface area (Å²) < 4.78 is 4.87. The van der Waals surface area contributed by atoms with Gasteiger partial charge in [-0.1, -0.05) is 23.7 Å². The predicted molar refractivity (Wildman–Crippen MR) is 115 cm³/mol. The molecule has 142 valence electrons. The van der Waals surface area contributed by atoms with Crippen molar-refractivity contribution in [2.75, 3.05) is 31.1 Å². The Morgan fingerprint density at radius 3 is 2.63 bits per heavy atom. The summed E-state index contributed by atoms with van der Waals surface area (Å²) in [5.74, 6) is 0.968. The topological polar surface area (TPSA) is 29.2 Å². The number of benzene rings is 1. The number of hydrogen-bond donors (Lipinski definition) is 0. The molecule has 3 heterocycles. The van der Waals surface area contributed by atoms with Crippen LogP contribution in [0.5, 0.6) is 0 Å². The van der Waals surface area contributed by atoms with Crippen LogP contribution in [0, 0.1) is 4.77 Å². The van der Waals surface area contributed by atoms with Gasteiger partial charge in [-0.05, 0) is 48.8 Å². The first-order valence-corrected chi connectivity index (χ1v) is 10.8. The molecule has 1 aliphatic rings. The van der Waals surface area contributed by atoms with Crippen molar-refractivity contribution in [3.63, 3.8) is 0 Å². The number of anilines is 1. The second-order valence-electron chi connectivity index (χ2n) is 6.55. The first kappa shape index (κ1) is 18.7. The number of hydrogen-bond acceptors (Lipinski definition) is 5. The molecule has 1 aliphatic heterocycles. The SMILES string of the molecule is CCn1c(-c2cccs2)nn(CN2CCN(c3cccc(Cl)c3)CC2)c1=S. The van der Waals surface area contributed by atoms with Crippen LogP contribution in [0.25, 0.3) is 10.7 Å². The van der Waals surface area contributed by atoms with Gasteiger partial charge in [0.05, 0.1) is 11.5 Å². The van der Waals surface area contributed by atoms with Crippen LogP contribution in [0.15, 0.2) is 41.8 Å². The molecule has 8 heteroatoms. The maximum absolute atomic E-state index is 6.13. The average Bonchev–Trinajstić information content (AvgIpc) is 3.31. The summed E-state index contributed by atoms with van der Waals surface area (Å²) in [6.07, 6.45) is 0. The lowest BCUT2D eigenvalue weighted by atomic mass is 10.2. The van der Waals surface area contributed by atoms with E-state index in [-0.39, 0.29) is 0 Å². The maximum atomic E-state index is 6.13. The van der Waals surface area contributed by atoms with Gasteiger partial charge in [-0.2, -0.15) is 0 Å². The lowest BCUT2D eigenvalue weighted by Crippen LogP contribution is -2.47. The summed E-state index contributed by atoms with van der Waals surface area (Å²) in [4.78, 5) is 5.94. The van der Waals surface area contributed by atoms with Crippen molar-refractivity contribution in [3.05, 3.63) is 51.6 Å². The van der Waals surface area contributed by atoms with E-state index in [2.05, 4.69) is 44.9 Å². The van der Waals surface area contributed by atoms with Gasteiger partial charge in [-0.3, -0.25) is 9.47 Å². The summed E-state index contributed by atoms with van der Waals surface area (Å²) in [7, 11) is 0. The summed E-state index contributed by atoms with van der Waals surface area (Å²) in [5.41, 5.74) is 1.19. The molecule has 0 N–H and O–H groups in total. The Morgan fingerprint density at radius 1 is 1.15 bits per heavy atom. The van der Waals surface area contributed by atoms with Crippen molar-refractivity contribution in [3.8, 4) is 10.7 Å². The minimum atomic E-state index is 0.730. The lowest BCUT2D eigenvalue weighted by Gasteiger charge is -2.35. The summed E-state index contributed by atoms with van der Waals surface area (Å²) >= 11 is 13.5. The quantitative estimate of drug-likeness (QED) is 0.565. The normalized spacial score (nSPS) is 15.4. The molecule has 1 saturated heterocycles. The first-order chi connectivity index (χ1) is 13.2. The summed E-state index contributed by atoms with van der Waals surface area (Å²) in [5, 5.41) is 7.68. The van der Waals surface area contributed by atoms with Gasteiger partial charge in [0, 0.05) is 43.4 Å². The Balaban J connectivity index is 1.46. The molecule has 0 saturated carbocycles. The number of rotatable bonds is 5. The van der Waals surface area contributed by atoms with Crippen LogP contribution < -0.4 is 4.90 Å². The van der Waals surface area contributed by atoms with Crippen LogP contribution in [0.3, 0.4) is 0 Å². The van der Waals surface area contributed by atoms with E-state index in [1.54, 1.807) is 11.3 Å². The highest BCUT2D eigenvalue weighted by molar-refractivity contribution is 7.71. The fourth-order valence-electron chi connectivity index (χ4n) is 3.42. The number of halogens is 1. The van der Waals surface area contributed by atoms with Crippen LogP contribution in [-0.2, 0) is 13.2 Å². The third kappa shape index (κ3) is 3.96. The van der Waals surface area contributed by atoms with E-state index in [0.717, 1.165) is 59.9 Å². The Kier molecular flexibility index (Phi) is 5.63. The molecule has 4 rings (SSSR count). The summed E-state index contributed by atoms with van der Waals surface area (Å²) in [6, 6.07) is 12.2. The highest BCUT2D eigenvalue weighted by Gasteiger charge is 2.20. The van der Waals surface area contributed by atoms with E-state index in [4.69, 9.17) is 28.9 Å². The fraction of sp³-hybridized carbons (Fsp3) is 0.368. The third-order valence-electron chi connectivity index (χ3n) is 4.86. The molecule has 3 aromatic rings. The standard InChI is InChI=1S/C19H22ClN5S2/c1-2-24-18(17-7-4-12-27-17)21-25(19(24)26)14-22-8-10-23(11-9-22)16-6-3-5-15(20)13-16/h3-7,12-13H,2,8-11,14H2,1H3. The van der Waals surface area contributed by atoms with Crippen LogP contribution >= 0.6 is 35.2 Å². The minimum Gasteiger partial charge on any atom is -0.369 e. The molecular formula is C19H22ClN5S2. The van der Waals surface area contributed by atoms with Gasteiger partial charge in [-0.15, -0.1) is 16.4 Å². The van der Waals surface area contributed by atoms with E-state index < -0.39 is 0 Å². The van der Waals surface area contributed by atoms with Crippen molar-refractivity contribution in [2.45, 2.75) is 20.1 Å². The zero-order chi connectivity index (χ0) is 18.8. The maximum Gasteiger partial charge on any atom is 0.199 e. The van der Waals surface area contributed by atoms with Gasteiger partial charge >= 0.3 is 0 Å². The first-order valence-electron chi connectivity index (χ1n) is 9.10. The van der Waals surface area contributed by atoms with Crippen molar-refractivity contribution < 1.29 is 0 Å². The predicted octanol–water partition coefficient (Wildman–Crippen LogP) is 4.60. The Morgan fingerprint density at radius 2 is 1.96 bits per heavy atom. The molecule has 0 bridgehead atoms. The average molecular weight is 420 g/mol. The van der Waals surface area contributed by atoms with E-state index in [1.165, 1.54) is 5.69 Å². The largest absolute Gasteiger partial charge is 0.369 e. The minimum absolute atomic E-state index is 0.730. The van der Waals surface area contributed by atoms with Crippen molar-refractivity contribution in [1.29, 1.82) is 0 Å². The second-order valence-corrected chi connectivity index (χ2v) is 8.30. The zero-order valence-corrected chi connectivity index (χ0v) is 17.6. The van der Waals surface area contributed by atoms with Crippen LogP contribution in [0.1, 0.15) is 6.92 Å². The molecule has 0 atom stereocenters. The molecule has 1 fully saturated rings. The number of nitrogens with zero attached hydrogens (tertiary/aromatic N) is 5. The third-order valence-corrected chi connectivity index (χ3v) is 6.39. The van der Waals surface area contributed by atoms with Gasteiger partial charge in [0.25, 0.3) is 0 Å². The summed E-state index contributed by atoms with van der Waals surface area (Å²) in [6.45, 7) is 7.56. The van der Waals surface area contributed by atoms with Gasteiger partial charge < -0.3 is 4.90 Å². The fourth-order valence-corrected chi connectivity index (χ4v) is 4.63. The highest BCUT2D eigenvalue weighted by atomic mass is 35.5. The molecule has 1 aromatic carbocycles. The molecule has 0 radical (unpaired) electrons. The van der Waals surface area contributed by atoms with Gasteiger partial charge in [0.2, 0.25) is 0 Å². The van der Waals surface area contributed by atoms with Crippen LogP contribution in [-0.4, -0.2) is 45.4 Å². The van der Waals surface area contributed by atoms with E-state index in [1.807, 2.05) is 22.9 Å². The molecule has 5 nitrogen and oxygen atoms in total. The number of piperazine rings is 1. The monoisotopic (exact) mass is 419 g/mol. The van der Waals surface area contributed by atoms with Crippen LogP contribution in [0.2, 0.25) is 5.02 Å². The zero-order valence-electron chi connectivity index (χ0n) is 15.2. The molecule has 0 spiro atoms. The number of aromatic nitrogens is 3. The Bertz CT molecular complexity index is 955. The lowest BCUT2D eigenvalue weighted by molar-refractivity contribution is 0.194. The van der Waals surface area contributed by atoms with Crippen LogP contribution in [0.4, 0.5) is 5.69 Å². The number of thiophene rings is 1. The molecule has 2 aromatic heterocycles. The molecule has 0 unspecified atom stereocenters. The Labute approximate surface area is 173 Å². The smallest absolute Gasteiger partial charge is 0.199 e. The molecular weight excluding hydrogens is 398 g/mol.